The molecule has 11 heavy (non-hydrogen) atoms. The molecular weight excluding hydrogens is 131 g/mol. The van der Waals surface area contributed by atoms with E-state index in [2.05, 4.69) is 33.0 Å². The monoisotopic (exact) mass is 150 g/mol. The number of nitrogens with one attached hydrogen (secondary N) is 1. The maximum atomic E-state index is 7.32. The Hall–Kier alpha value is 0.0474. The van der Waals surface area contributed by atoms with E-state index in [0.29, 0.717) is 12.1 Å². The average molecular weight is 150 g/mol. The van der Waals surface area contributed by atoms with Gasteiger partial charge in [0.05, 0.1) is 6.07 Å². The first kappa shape index (κ1) is 17.2. The molecule has 0 aromatic heterocycles. The Labute approximate surface area is 82.5 Å². The minimum absolute atomic E-state index is 0. The molecule has 0 radical (unpaired) electrons. The Morgan fingerprint density at radius 3 is 1.27 bits per heavy atom. The first-order chi connectivity index (χ1) is 4.54. The SMILES string of the molecule is CC#N.CC(C)NC(C)C.[LiH]. The van der Waals surface area contributed by atoms with Crippen LogP contribution in [0.25, 0.3) is 0 Å². The van der Waals surface area contributed by atoms with Crippen molar-refractivity contribution in [1.29, 1.82) is 5.26 Å². The Balaban J connectivity index is -0.000000140. The fourth-order valence-corrected chi connectivity index (χ4v) is 0.667. The zero-order chi connectivity index (χ0) is 8.57. The van der Waals surface area contributed by atoms with Gasteiger partial charge in [-0.2, -0.15) is 5.26 Å². The summed E-state index contributed by atoms with van der Waals surface area (Å²) in [6.07, 6.45) is 0. The fraction of sp³-hybridized carbons (Fsp3) is 0.875. The molecule has 2 nitrogen and oxygen atoms in total. The van der Waals surface area contributed by atoms with Crippen LogP contribution in [-0.4, -0.2) is 30.9 Å². The summed E-state index contributed by atoms with van der Waals surface area (Å²) in [5, 5.41) is 10.6. The molecule has 0 spiro atoms. The molecule has 0 aromatic carbocycles. The van der Waals surface area contributed by atoms with E-state index in [1.807, 2.05) is 0 Å². The number of rotatable bonds is 2. The van der Waals surface area contributed by atoms with Gasteiger partial charge in [-0.3, -0.25) is 0 Å². The van der Waals surface area contributed by atoms with Crippen LogP contribution in [0.1, 0.15) is 34.6 Å². The van der Waals surface area contributed by atoms with Gasteiger partial charge in [0.25, 0.3) is 0 Å². The van der Waals surface area contributed by atoms with Crippen LogP contribution in [-0.2, 0) is 0 Å². The minimum atomic E-state index is 0. The van der Waals surface area contributed by atoms with Gasteiger partial charge in [0.15, 0.2) is 0 Å². The molecule has 0 atom stereocenters. The zero-order valence-corrected chi connectivity index (χ0v) is 7.60. The van der Waals surface area contributed by atoms with Crippen LogP contribution in [0.4, 0.5) is 0 Å². The van der Waals surface area contributed by atoms with Crippen LogP contribution in [0.3, 0.4) is 0 Å². The standard InChI is InChI=1S/C6H15N.C2H3N.Li.H/c1-5(2)7-6(3)4;1-2-3;;/h5-7H,1-4H3;1H3;;. The van der Waals surface area contributed by atoms with Gasteiger partial charge in [-0.25, -0.2) is 0 Å². The van der Waals surface area contributed by atoms with Crippen molar-refractivity contribution < 1.29 is 0 Å². The van der Waals surface area contributed by atoms with E-state index in [1.54, 1.807) is 6.07 Å². The Morgan fingerprint density at radius 1 is 1.09 bits per heavy atom. The fourth-order valence-electron chi connectivity index (χ4n) is 0.667. The van der Waals surface area contributed by atoms with Crippen molar-refractivity contribution in [1.82, 2.24) is 5.32 Å². The molecule has 0 saturated heterocycles. The summed E-state index contributed by atoms with van der Waals surface area (Å²) in [6.45, 7) is 10.0. The second-order valence-corrected chi connectivity index (χ2v) is 2.70. The van der Waals surface area contributed by atoms with Gasteiger partial charge in [0, 0.05) is 19.0 Å². The summed E-state index contributed by atoms with van der Waals surface area (Å²) in [5.41, 5.74) is 0. The van der Waals surface area contributed by atoms with E-state index in [4.69, 9.17) is 5.26 Å². The van der Waals surface area contributed by atoms with Crippen molar-refractivity contribution in [2.24, 2.45) is 0 Å². The molecule has 0 aliphatic carbocycles. The Kier molecular flexibility index (Phi) is 19.9. The molecular formula is C8H19LiN2. The summed E-state index contributed by atoms with van der Waals surface area (Å²) in [4.78, 5) is 0. The second kappa shape index (κ2) is 12.7. The summed E-state index contributed by atoms with van der Waals surface area (Å²) in [5.74, 6) is 0. The topological polar surface area (TPSA) is 35.8 Å². The van der Waals surface area contributed by atoms with E-state index in [0.717, 1.165) is 0 Å². The third-order valence-electron chi connectivity index (χ3n) is 0.667. The van der Waals surface area contributed by atoms with Crippen molar-refractivity contribution in [3.05, 3.63) is 0 Å². The van der Waals surface area contributed by atoms with Gasteiger partial charge in [0.1, 0.15) is 0 Å². The average Bonchev–Trinajstić information content (AvgIpc) is 1.62. The van der Waals surface area contributed by atoms with E-state index in [9.17, 15) is 0 Å². The molecule has 3 heteroatoms. The van der Waals surface area contributed by atoms with Crippen LogP contribution in [0.2, 0.25) is 0 Å². The van der Waals surface area contributed by atoms with Crippen LogP contribution in [0.15, 0.2) is 0 Å². The van der Waals surface area contributed by atoms with Gasteiger partial charge in [0.2, 0.25) is 0 Å². The summed E-state index contributed by atoms with van der Waals surface area (Å²) in [7, 11) is 0. The van der Waals surface area contributed by atoms with Gasteiger partial charge >= 0.3 is 18.9 Å². The number of hydrogen-bond acceptors (Lipinski definition) is 2. The number of hydrogen-bond donors (Lipinski definition) is 1. The normalized spacial score (nSPS) is 7.82. The predicted octanol–water partition coefficient (Wildman–Crippen LogP) is 1.27. The van der Waals surface area contributed by atoms with Gasteiger partial charge in [-0.1, -0.05) is 27.7 Å². The van der Waals surface area contributed by atoms with Gasteiger partial charge < -0.3 is 5.32 Å². The number of nitrogens with zero attached hydrogens (tertiary/aromatic N) is 1. The first-order valence-electron chi connectivity index (χ1n) is 3.61. The quantitative estimate of drug-likeness (QED) is 0.602. The second-order valence-electron chi connectivity index (χ2n) is 2.70. The van der Waals surface area contributed by atoms with Gasteiger partial charge in [-0.15, -0.1) is 0 Å². The van der Waals surface area contributed by atoms with Crippen molar-refractivity contribution in [2.45, 2.75) is 46.7 Å². The Bertz CT molecular complexity index is 88.8. The van der Waals surface area contributed by atoms with Crippen LogP contribution >= 0.6 is 0 Å². The van der Waals surface area contributed by atoms with Crippen LogP contribution in [0.5, 0.6) is 0 Å². The molecule has 0 amide bonds. The summed E-state index contributed by atoms with van der Waals surface area (Å²) >= 11 is 0. The third-order valence-corrected chi connectivity index (χ3v) is 0.667. The third kappa shape index (κ3) is 39.7. The van der Waals surface area contributed by atoms with Crippen LogP contribution in [0, 0.1) is 11.3 Å². The van der Waals surface area contributed by atoms with E-state index in [-0.39, 0.29) is 18.9 Å². The summed E-state index contributed by atoms with van der Waals surface area (Å²) in [6, 6.07) is 3.00. The Morgan fingerprint density at radius 2 is 1.27 bits per heavy atom. The zero-order valence-electron chi connectivity index (χ0n) is 7.60. The van der Waals surface area contributed by atoms with Crippen LogP contribution < -0.4 is 5.32 Å². The molecule has 0 aromatic rings. The molecule has 0 unspecified atom stereocenters. The molecule has 0 aliphatic heterocycles. The van der Waals surface area contributed by atoms with E-state index in [1.165, 1.54) is 6.92 Å². The molecule has 0 fully saturated rings. The molecule has 0 rings (SSSR count). The summed E-state index contributed by atoms with van der Waals surface area (Å²) < 4.78 is 0. The van der Waals surface area contributed by atoms with Crippen molar-refractivity contribution in [3.8, 4) is 6.07 Å². The molecule has 62 valence electrons. The molecule has 1 N–H and O–H groups in total. The van der Waals surface area contributed by atoms with Crippen molar-refractivity contribution in [2.75, 3.05) is 0 Å². The predicted molar refractivity (Wildman–Crippen MR) is 51.8 cm³/mol. The molecule has 0 heterocycles. The first-order valence-corrected chi connectivity index (χ1v) is 3.61. The molecule has 0 bridgehead atoms. The van der Waals surface area contributed by atoms with Gasteiger partial charge in [-0.05, 0) is 0 Å². The maximum absolute atomic E-state index is 7.32. The number of nitriles is 1. The van der Waals surface area contributed by atoms with E-state index < -0.39 is 0 Å². The van der Waals surface area contributed by atoms with Crippen molar-refractivity contribution >= 4 is 18.9 Å². The van der Waals surface area contributed by atoms with Crippen molar-refractivity contribution in [3.63, 3.8) is 0 Å². The molecule has 0 saturated carbocycles. The van der Waals surface area contributed by atoms with E-state index >= 15 is 0 Å². The molecule has 0 aliphatic rings.